The van der Waals surface area contributed by atoms with Crippen LogP contribution >= 0.6 is 0 Å². The molecule has 73 heavy (non-hydrogen) atoms. The van der Waals surface area contributed by atoms with E-state index in [9.17, 15) is 0 Å². The van der Waals surface area contributed by atoms with Crippen LogP contribution in [-0.2, 0) is 43.3 Å². The molecule has 374 valence electrons. The Morgan fingerprint density at radius 3 is 1.66 bits per heavy atom. The van der Waals surface area contributed by atoms with Crippen molar-refractivity contribution < 1.29 is 4.42 Å². The molecule has 0 fully saturated rings. The summed E-state index contributed by atoms with van der Waals surface area (Å²) < 4.78 is 7.54. The average molecular weight is 963 g/mol. The summed E-state index contributed by atoms with van der Waals surface area (Å²) in [5.41, 5.74) is 26.7. The maximum atomic E-state index is 7.54. The van der Waals surface area contributed by atoms with Crippen LogP contribution in [0, 0.1) is 0 Å². The predicted molar refractivity (Wildman–Crippen MR) is 312 cm³/mol. The molecule has 6 aliphatic rings. The minimum absolute atomic E-state index is 0.0182. The van der Waals surface area contributed by atoms with Crippen molar-refractivity contribution in [3.05, 3.63) is 147 Å². The molecular weight excluding hydrogens is 884 g/mol. The Kier molecular flexibility index (Phi) is 9.36. The summed E-state index contributed by atoms with van der Waals surface area (Å²) in [6.07, 6.45) is 6.89. The molecule has 3 nitrogen and oxygen atoms in total. The van der Waals surface area contributed by atoms with E-state index in [1.807, 2.05) is 0 Å². The molecule has 1 aromatic heterocycles. The van der Waals surface area contributed by atoms with Gasteiger partial charge in [0.05, 0.1) is 5.69 Å². The molecule has 0 amide bonds. The molecule has 13 rings (SSSR count). The Morgan fingerprint density at radius 1 is 0.452 bits per heavy atom. The van der Waals surface area contributed by atoms with Crippen LogP contribution in [0.1, 0.15) is 206 Å². The van der Waals surface area contributed by atoms with Gasteiger partial charge < -0.3 is 9.32 Å². The highest BCUT2D eigenvalue weighted by atomic mass is 16.4. The molecule has 3 aliphatic heterocycles. The van der Waals surface area contributed by atoms with E-state index in [4.69, 9.17) is 4.42 Å². The Balaban J connectivity index is 1.23. The third-order valence-electron chi connectivity index (χ3n) is 20.2. The van der Waals surface area contributed by atoms with Crippen molar-refractivity contribution in [1.29, 1.82) is 0 Å². The summed E-state index contributed by atoms with van der Waals surface area (Å²) >= 11 is 0. The van der Waals surface area contributed by atoms with Gasteiger partial charge in [-0.3, -0.25) is 4.90 Å². The minimum atomic E-state index is -0.166. The topological polar surface area (TPSA) is 19.6 Å². The van der Waals surface area contributed by atoms with Gasteiger partial charge in [0.15, 0.2) is 0 Å². The standard InChI is InChI=1S/C69H79BN2O/c1-62(2,3)41-21-24-58-46(32-41)59-61(73-58)71(44-22-23-47-48(35-44)65(9,10)26-25-64(47,7)8)56-33-43(63(4,5)6)34-57-60(56)70(59)53-37-50-52-39-55(53)72(57)54-38-51-49(66(11,12)27-28-67(51,13)14)36-45(54)40-19-18-20-42(31-40)69(52,17)30-29-68(50,15)16/h18-24,31-39H,25-30H2,1-17H3. The highest BCUT2D eigenvalue weighted by Crippen LogP contribution is 2.58. The van der Waals surface area contributed by atoms with Gasteiger partial charge in [-0.2, -0.15) is 0 Å². The number of hydrogen-bond donors (Lipinski definition) is 0. The largest absolute Gasteiger partial charge is 0.440 e. The lowest BCUT2D eigenvalue weighted by Crippen LogP contribution is -2.61. The molecule has 4 heteroatoms. The van der Waals surface area contributed by atoms with E-state index in [1.54, 1.807) is 0 Å². The van der Waals surface area contributed by atoms with E-state index >= 15 is 0 Å². The second-order valence-electron chi connectivity index (χ2n) is 29.5. The zero-order chi connectivity index (χ0) is 51.7. The molecule has 1 atom stereocenters. The van der Waals surface area contributed by atoms with Crippen LogP contribution in [0.25, 0.3) is 22.1 Å². The fraction of sp³-hybridized carbons (Fsp3) is 0.449. The zero-order valence-corrected chi connectivity index (χ0v) is 47.4. The normalized spacial score (nSPS) is 22.0. The van der Waals surface area contributed by atoms with Crippen molar-refractivity contribution in [1.82, 2.24) is 0 Å². The van der Waals surface area contributed by atoms with E-state index in [0.29, 0.717) is 0 Å². The molecule has 4 heterocycles. The summed E-state index contributed by atoms with van der Waals surface area (Å²) in [6.45, 7) is 41.5. The first-order valence-electron chi connectivity index (χ1n) is 28.0. The fourth-order valence-corrected chi connectivity index (χ4v) is 14.9. The first kappa shape index (κ1) is 47.3. The zero-order valence-electron chi connectivity index (χ0n) is 47.4. The summed E-state index contributed by atoms with van der Waals surface area (Å²) in [5, 5.41) is 1.23. The summed E-state index contributed by atoms with van der Waals surface area (Å²) in [6, 6.07) is 40.2. The van der Waals surface area contributed by atoms with Crippen molar-refractivity contribution >= 4 is 68.4 Å². The highest BCUT2D eigenvalue weighted by Gasteiger charge is 2.51. The van der Waals surface area contributed by atoms with Gasteiger partial charge in [0.1, 0.15) is 5.58 Å². The van der Waals surface area contributed by atoms with Crippen LogP contribution in [-0.4, -0.2) is 6.71 Å². The summed E-state index contributed by atoms with van der Waals surface area (Å²) in [7, 11) is 0. The molecule has 0 saturated carbocycles. The number of benzene rings is 6. The fourth-order valence-electron chi connectivity index (χ4n) is 14.9. The van der Waals surface area contributed by atoms with E-state index in [-0.39, 0.29) is 50.0 Å². The Labute approximate surface area is 438 Å². The van der Waals surface area contributed by atoms with Gasteiger partial charge in [-0.05, 0) is 198 Å². The molecule has 0 radical (unpaired) electrons. The molecule has 6 aromatic carbocycles. The maximum Gasteiger partial charge on any atom is 0.257 e. The lowest BCUT2D eigenvalue weighted by Gasteiger charge is -2.49. The average Bonchev–Trinajstić information content (AvgIpc) is 3.70. The molecular formula is C69H79BN2O. The molecule has 1 unspecified atom stereocenters. The van der Waals surface area contributed by atoms with Crippen LogP contribution in [0.4, 0.5) is 34.3 Å². The first-order valence-corrected chi connectivity index (χ1v) is 28.0. The quantitative estimate of drug-likeness (QED) is 0.153. The van der Waals surface area contributed by atoms with Crippen molar-refractivity contribution in [2.75, 3.05) is 9.80 Å². The van der Waals surface area contributed by atoms with E-state index in [1.165, 1.54) is 124 Å². The van der Waals surface area contributed by atoms with Gasteiger partial charge in [0.25, 0.3) is 6.71 Å². The number of fused-ring (bicyclic) bond motifs is 14. The van der Waals surface area contributed by atoms with E-state index in [2.05, 4.69) is 225 Å². The predicted octanol–water partition coefficient (Wildman–Crippen LogP) is 17.2. The third-order valence-corrected chi connectivity index (χ3v) is 20.2. The monoisotopic (exact) mass is 963 g/mol. The molecule has 7 aromatic rings. The van der Waals surface area contributed by atoms with Crippen molar-refractivity contribution in [2.24, 2.45) is 0 Å². The van der Waals surface area contributed by atoms with Crippen LogP contribution in [0.15, 0.2) is 101 Å². The van der Waals surface area contributed by atoms with Gasteiger partial charge in [-0.1, -0.05) is 160 Å². The third kappa shape index (κ3) is 6.56. The van der Waals surface area contributed by atoms with Crippen LogP contribution in [0.5, 0.6) is 0 Å². The molecule has 0 N–H and O–H groups in total. The molecule has 3 aliphatic carbocycles. The Morgan fingerprint density at radius 2 is 1.01 bits per heavy atom. The number of hydrogen-bond acceptors (Lipinski definition) is 3. The summed E-state index contributed by atoms with van der Waals surface area (Å²) in [5.74, 6) is 0.958. The first-order chi connectivity index (χ1) is 34.0. The van der Waals surface area contributed by atoms with E-state index in [0.717, 1.165) is 37.2 Å². The minimum Gasteiger partial charge on any atom is -0.440 e. The van der Waals surface area contributed by atoms with Gasteiger partial charge in [0, 0.05) is 44.6 Å². The Hall–Kier alpha value is -5.48. The number of furan rings is 1. The van der Waals surface area contributed by atoms with Gasteiger partial charge >= 0.3 is 0 Å². The molecule has 4 bridgehead atoms. The van der Waals surface area contributed by atoms with Gasteiger partial charge in [0.2, 0.25) is 5.88 Å². The number of rotatable bonds is 1. The number of nitrogens with zero attached hydrogens (tertiary/aromatic N) is 2. The molecule has 0 spiro atoms. The second-order valence-corrected chi connectivity index (χ2v) is 29.5. The van der Waals surface area contributed by atoms with Gasteiger partial charge in [-0.25, -0.2) is 0 Å². The smallest absolute Gasteiger partial charge is 0.257 e. The maximum absolute atomic E-state index is 7.54. The van der Waals surface area contributed by atoms with E-state index < -0.39 is 0 Å². The SMILES string of the molecule is CC(C)(C)c1cc2c3c(c1)N(c1ccc4c(c1)C(C)(C)CCC4(C)C)c1oc4ccc(C(C)(C)C)cc4c1B3c1cc3c4cc1N2c1cc2c(cc1-c1cccc(c1)C4(C)CCC3(C)C)C(C)(C)CCC2(C)C. The van der Waals surface area contributed by atoms with Crippen LogP contribution < -0.4 is 26.2 Å². The van der Waals surface area contributed by atoms with Crippen LogP contribution in [0.3, 0.4) is 0 Å². The second kappa shape index (κ2) is 14.5. The summed E-state index contributed by atoms with van der Waals surface area (Å²) in [4.78, 5) is 5.36. The van der Waals surface area contributed by atoms with Crippen molar-refractivity contribution in [2.45, 2.75) is 200 Å². The van der Waals surface area contributed by atoms with Crippen LogP contribution in [0.2, 0.25) is 0 Å². The van der Waals surface area contributed by atoms with Crippen molar-refractivity contribution in [3.63, 3.8) is 0 Å². The number of anilines is 6. The lowest BCUT2D eigenvalue weighted by atomic mass is 9.33. The van der Waals surface area contributed by atoms with Crippen molar-refractivity contribution in [3.8, 4) is 11.1 Å². The Bertz CT molecular complexity index is 3560. The highest BCUT2D eigenvalue weighted by molar-refractivity contribution is 7.01. The molecule has 0 saturated heterocycles. The lowest BCUT2D eigenvalue weighted by molar-refractivity contribution is 0.332. The van der Waals surface area contributed by atoms with Gasteiger partial charge in [-0.15, -0.1) is 0 Å².